The highest BCUT2D eigenvalue weighted by molar-refractivity contribution is 6.32. The lowest BCUT2D eigenvalue weighted by Crippen LogP contribution is -2.63. The van der Waals surface area contributed by atoms with Crippen LogP contribution in [-0.2, 0) is 10.3 Å². The molecule has 1 saturated heterocycles. The van der Waals surface area contributed by atoms with E-state index in [1.54, 1.807) is 18.2 Å². The smallest absolute Gasteiger partial charge is 0.318 e. The zero-order valence-corrected chi connectivity index (χ0v) is 19.3. The van der Waals surface area contributed by atoms with Crippen LogP contribution in [0.25, 0.3) is 0 Å². The van der Waals surface area contributed by atoms with Crippen molar-refractivity contribution >= 4 is 29.3 Å². The van der Waals surface area contributed by atoms with Crippen LogP contribution in [-0.4, -0.2) is 48.1 Å². The van der Waals surface area contributed by atoms with Gasteiger partial charge in [-0.3, -0.25) is 10.2 Å². The number of alkyl halides is 2. The molecule has 1 aliphatic carbocycles. The fourth-order valence-electron chi connectivity index (χ4n) is 4.47. The van der Waals surface area contributed by atoms with Crippen molar-refractivity contribution in [2.24, 2.45) is 5.73 Å². The van der Waals surface area contributed by atoms with Gasteiger partial charge in [-0.2, -0.15) is 0 Å². The quantitative estimate of drug-likeness (QED) is 0.368. The van der Waals surface area contributed by atoms with Crippen LogP contribution in [0.5, 0.6) is 0 Å². The zero-order valence-electron chi connectivity index (χ0n) is 18.5. The number of halogens is 4. The maximum absolute atomic E-state index is 13.9. The van der Waals surface area contributed by atoms with E-state index in [1.807, 2.05) is 0 Å². The summed E-state index contributed by atoms with van der Waals surface area (Å²) in [6.07, 6.45) is -1.23. The lowest BCUT2D eigenvalue weighted by Gasteiger charge is -2.49. The van der Waals surface area contributed by atoms with E-state index in [2.05, 4.69) is 10.6 Å². The Morgan fingerprint density at radius 1 is 1.14 bits per heavy atom. The van der Waals surface area contributed by atoms with Crippen LogP contribution < -0.4 is 16.4 Å². The first-order chi connectivity index (χ1) is 16.5. The molecule has 0 spiro atoms. The summed E-state index contributed by atoms with van der Waals surface area (Å²) < 4.78 is 41.1. The standard InChI is InChI=1S/C24H23ClF3N5O2/c25-16-3-1-2-14(10-16)20(29)19(21(30)34)18-11-33(9-8-31-18)22(35)32-23(12-24(27,28)13-23)15-4-6-17(26)7-5-15/h1-7,10,29,31H,8-9,11-13H2,(H2,30,34)(H,32,35)/b19-18+,29-20?. The third-order valence-electron chi connectivity index (χ3n) is 6.13. The third-order valence-corrected chi connectivity index (χ3v) is 6.37. The van der Waals surface area contributed by atoms with Crippen LogP contribution in [0.1, 0.15) is 24.0 Å². The van der Waals surface area contributed by atoms with Crippen molar-refractivity contribution in [3.05, 3.63) is 81.8 Å². The molecule has 2 aromatic rings. The topological polar surface area (TPSA) is 111 Å². The summed E-state index contributed by atoms with van der Waals surface area (Å²) in [4.78, 5) is 26.7. The number of primary amides is 1. The van der Waals surface area contributed by atoms with Gasteiger partial charge in [-0.25, -0.2) is 18.0 Å². The highest BCUT2D eigenvalue weighted by atomic mass is 35.5. The molecule has 4 rings (SSSR count). The van der Waals surface area contributed by atoms with Crippen LogP contribution >= 0.6 is 11.6 Å². The molecule has 0 unspecified atom stereocenters. The van der Waals surface area contributed by atoms with Gasteiger partial charge in [0.25, 0.3) is 11.8 Å². The van der Waals surface area contributed by atoms with Crippen molar-refractivity contribution < 1.29 is 22.8 Å². The first kappa shape index (κ1) is 24.6. The van der Waals surface area contributed by atoms with Gasteiger partial charge in [-0.05, 0) is 29.8 Å². The van der Waals surface area contributed by atoms with Gasteiger partial charge in [0.15, 0.2) is 0 Å². The Morgan fingerprint density at radius 3 is 2.43 bits per heavy atom. The fourth-order valence-corrected chi connectivity index (χ4v) is 4.66. The monoisotopic (exact) mass is 505 g/mol. The zero-order chi connectivity index (χ0) is 25.4. The lowest BCUT2D eigenvalue weighted by molar-refractivity contribution is -0.134. The van der Waals surface area contributed by atoms with Crippen molar-refractivity contribution in [3.63, 3.8) is 0 Å². The molecule has 35 heavy (non-hydrogen) atoms. The van der Waals surface area contributed by atoms with E-state index in [0.717, 1.165) is 12.1 Å². The van der Waals surface area contributed by atoms with Crippen LogP contribution in [0.4, 0.5) is 18.0 Å². The molecule has 3 amide bonds. The summed E-state index contributed by atoms with van der Waals surface area (Å²) in [6, 6.07) is 10.8. The molecule has 11 heteroatoms. The number of rotatable bonds is 5. The molecule has 1 heterocycles. The van der Waals surface area contributed by atoms with E-state index in [4.69, 9.17) is 22.7 Å². The Balaban J connectivity index is 1.58. The molecule has 2 fully saturated rings. The second-order valence-electron chi connectivity index (χ2n) is 8.68. The number of benzene rings is 2. The number of carbonyl (C=O) groups excluding carboxylic acids is 2. The number of carbonyl (C=O) groups is 2. The number of nitrogens with two attached hydrogens (primary N) is 1. The highest BCUT2D eigenvalue weighted by Crippen LogP contribution is 2.51. The first-order valence-corrected chi connectivity index (χ1v) is 11.2. The van der Waals surface area contributed by atoms with Crippen LogP contribution in [0.15, 0.2) is 59.8 Å². The third kappa shape index (κ3) is 5.12. The highest BCUT2D eigenvalue weighted by Gasteiger charge is 2.58. The number of piperazine rings is 1. The van der Waals surface area contributed by atoms with Crippen molar-refractivity contribution in [1.29, 1.82) is 5.41 Å². The van der Waals surface area contributed by atoms with E-state index in [1.165, 1.54) is 23.1 Å². The number of nitrogens with one attached hydrogen (secondary N) is 3. The predicted octanol–water partition coefficient (Wildman–Crippen LogP) is 3.53. The van der Waals surface area contributed by atoms with Gasteiger partial charge in [0.1, 0.15) is 5.82 Å². The van der Waals surface area contributed by atoms with Crippen LogP contribution in [0.3, 0.4) is 0 Å². The van der Waals surface area contributed by atoms with Crippen LogP contribution in [0.2, 0.25) is 5.02 Å². The van der Waals surface area contributed by atoms with Crippen molar-refractivity contribution in [2.75, 3.05) is 19.6 Å². The largest absolute Gasteiger partial charge is 0.384 e. The number of hydrogen-bond donors (Lipinski definition) is 4. The number of nitrogens with zero attached hydrogens (tertiary/aromatic N) is 1. The Labute approximate surface area is 204 Å². The number of amides is 3. The van der Waals surface area contributed by atoms with Gasteiger partial charge in [0, 0.05) is 42.2 Å². The summed E-state index contributed by atoms with van der Waals surface area (Å²) in [6.45, 7) is 0.382. The minimum Gasteiger partial charge on any atom is -0.384 e. The maximum Gasteiger partial charge on any atom is 0.318 e. The normalized spacial score (nSPS) is 19.7. The Bertz CT molecular complexity index is 1210. The SMILES string of the molecule is N=C(/C(C(N)=O)=C1/CN(C(=O)NC2(c3ccc(F)cc3)CC(F)(F)C2)CCN1)c1cccc(Cl)c1. The molecule has 0 bridgehead atoms. The molecule has 0 radical (unpaired) electrons. The van der Waals surface area contributed by atoms with Gasteiger partial charge in [0.05, 0.1) is 23.4 Å². The Morgan fingerprint density at radius 2 is 1.83 bits per heavy atom. The minimum absolute atomic E-state index is 0.0943. The van der Waals surface area contributed by atoms with Crippen molar-refractivity contribution in [3.8, 4) is 0 Å². The lowest BCUT2D eigenvalue weighted by atomic mass is 9.69. The molecule has 1 aliphatic heterocycles. The molecule has 184 valence electrons. The fraction of sp³-hybridized carbons (Fsp3) is 0.292. The van der Waals surface area contributed by atoms with E-state index < -0.39 is 42.1 Å². The van der Waals surface area contributed by atoms with Gasteiger partial charge in [-0.15, -0.1) is 0 Å². The Kier molecular flexibility index (Phi) is 6.50. The Hall–Kier alpha value is -3.53. The molecule has 5 N–H and O–H groups in total. The van der Waals surface area contributed by atoms with E-state index in [-0.39, 0.29) is 36.6 Å². The molecule has 0 aromatic heterocycles. The predicted molar refractivity (Wildman–Crippen MR) is 125 cm³/mol. The van der Waals surface area contributed by atoms with Gasteiger partial charge in [-0.1, -0.05) is 35.9 Å². The summed E-state index contributed by atoms with van der Waals surface area (Å²) in [7, 11) is 0. The summed E-state index contributed by atoms with van der Waals surface area (Å²) in [5.74, 6) is -4.33. The summed E-state index contributed by atoms with van der Waals surface area (Å²) in [5.41, 5.74) is 4.98. The maximum atomic E-state index is 13.9. The van der Waals surface area contributed by atoms with Gasteiger partial charge in [0.2, 0.25) is 0 Å². The molecule has 2 aliphatic rings. The van der Waals surface area contributed by atoms with E-state index >= 15 is 0 Å². The second-order valence-corrected chi connectivity index (χ2v) is 9.12. The molecule has 1 saturated carbocycles. The average molecular weight is 506 g/mol. The first-order valence-electron chi connectivity index (χ1n) is 10.8. The summed E-state index contributed by atoms with van der Waals surface area (Å²) >= 11 is 6.00. The molecular formula is C24H23ClF3N5O2. The van der Waals surface area contributed by atoms with E-state index in [0.29, 0.717) is 16.1 Å². The van der Waals surface area contributed by atoms with Crippen LogP contribution in [0, 0.1) is 11.2 Å². The molecule has 0 atom stereocenters. The second kappa shape index (κ2) is 9.26. The van der Waals surface area contributed by atoms with Crippen molar-refractivity contribution in [2.45, 2.75) is 24.3 Å². The van der Waals surface area contributed by atoms with Crippen molar-refractivity contribution in [1.82, 2.24) is 15.5 Å². The van der Waals surface area contributed by atoms with Gasteiger partial charge < -0.3 is 21.3 Å². The molecular weight excluding hydrogens is 483 g/mol. The minimum atomic E-state index is -2.96. The number of urea groups is 1. The van der Waals surface area contributed by atoms with Gasteiger partial charge >= 0.3 is 6.03 Å². The number of hydrogen-bond acceptors (Lipinski definition) is 4. The van der Waals surface area contributed by atoms with E-state index in [9.17, 15) is 22.8 Å². The average Bonchev–Trinajstić information content (AvgIpc) is 2.78. The summed E-state index contributed by atoms with van der Waals surface area (Å²) in [5, 5.41) is 14.6. The molecule has 7 nitrogen and oxygen atoms in total. The molecule has 2 aromatic carbocycles.